The van der Waals surface area contributed by atoms with Gasteiger partial charge < -0.3 is 34.0 Å². The van der Waals surface area contributed by atoms with E-state index >= 15 is 0 Å². The second-order valence-corrected chi connectivity index (χ2v) is 6.91. The summed E-state index contributed by atoms with van der Waals surface area (Å²) in [5.41, 5.74) is 0.750. The second-order valence-electron chi connectivity index (χ2n) is 6.91. The number of methoxy groups -OCH3 is 2. The van der Waals surface area contributed by atoms with Crippen LogP contribution in [0.3, 0.4) is 0 Å². The number of nitrogens with one attached hydrogen (secondary N) is 2. The smallest absolute Gasteiger partial charge is 0.272 e. The van der Waals surface area contributed by atoms with Gasteiger partial charge in [0.15, 0.2) is 23.0 Å². The first-order valence-electron chi connectivity index (χ1n) is 10.1. The fourth-order valence-electron chi connectivity index (χ4n) is 3.17. The largest absolute Gasteiger partial charge is 0.493 e. The maximum atomic E-state index is 13.0. The molecule has 0 aliphatic carbocycles. The molecule has 2 N–H and O–H groups in total. The normalized spacial score (nSPS) is 12.6. The van der Waals surface area contributed by atoms with Crippen LogP contribution in [0.1, 0.15) is 16.1 Å². The van der Waals surface area contributed by atoms with E-state index in [1.165, 1.54) is 32.6 Å². The number of fused-ring (bicyclic) bond motifs is 1. The topological polar surface area (TPSA) is 108 Å². The molecule has 0 saturated carbocycles. The lowest BCUT2D eigenvalue weighted by molar-refractivity contribution is -0.113. The zero-order valence-electron chi connectivity index (χ0n) is 18.0. The first kappa shape index (κ1) is 21.8. The number of benzene rings is 2. The summed E-state index contributed by atoms with van der Waals surface area (Å²) in [6, 6.07) is 13.1. The summed E-state index contributed by atoms with van der Waals surface area (Å²) < 4.78 is 26.8. The van der Waals surface area contributed by atoms with Gasteiger partial charge in [-0.1, -0.05) is 0 Å². The van der Waals surface area contributed by atoms with E-state index in [1.54, 1.807) is 42.5 Å². The third-order valence-corrected chi connectivity index (χ3v) is 4.77. The molecule has 170 valence electrons. The van der Waals surface area contributed by atoms with Crippen LogP contribution in [-0.2, 0) is 4.79 Å². The van der Waals surface area contributed by atoms with E-state index in [0.717, 1.165) is 0 Å². The Morgan fingerprint density at radius 2 is 1.73 bits per heavy atom. The lowest BCUT2D eigenvalue weighted by Gasteiger charge is -2.19. The molecule has 4 rings (SSSR count). The van der Waals surface area contributed by atoms with Gasteiger partial charge in [-0.2, -0.15) is 0 Å². The lowest BCUT2D eigenvalue weighted by Crippen LogP contribution is -2.30. The van der Waals surface area contributed by atoms with Gasteiger partial charge in [-0.05, 0) is 42.5 Å². The Labute approximate surface area is 189 Å². The molecule has 2 aromatic carbocycles. The molecular formula is C24H22N2O7. The van der Waals surface area contributed by atoms with Crippen LogP contribution in [0.2, 0.25) is 0 Å². The summed E-state index contributed by atoms with van der Waals surface area (Å²) >= 11 is 0. The average Bonchev–Trinajstić information content (AvgIpc) is 3.36. The van der Waals surface area contributed by atoms with E-state index in [0.29, 0.717) is 47.7 Å². The Morgan fingerprint density at radius 1 is 0.939 bits per heavy atom. The molecule has 3 aromatic rings. The third-order valence-electron chi connectivity index (χ3n) is 4.77. The number of carbonyl (C=O) groups is 2. The summed E-state index contributed by atoms with van der Waals surface area (Å²) in [6.07, 6.45) is 2.91. The van der Waals surface area contributed by atoms with E-state index < -0.39 is 11.8 Å². The molecule has 2 heterocycles. The number of rotatable bonds is 7. The Morgan fingerprint density at radius 3 is 2.45 bits per heavy atom. The number of ether oxygens (including phenoxy) is 4. The second kappa shape index (κ2) is 9.82. The molecule has 0 saturated heterocycles. The number of furan rings is 1. The predicted molar refractivity (Wildman–Crippen MR) is 120 cm³/mol. The van der Waals surface area contributed by atoms with Gasteiger partial charge in [0, 0.05) is 23.4 Å². The van der Waals surface area contributed by atoms with Crippen LogP contribution in [0.4, 0.5) is 5.69 Å². The van der Waals surface area contributed by atoms with Crippen molar-refractivity contribution in [3.8, 4) is 23.0 Å². The fourth-order valence-corrected chi connectivity index (χ4v) is 3.17. The van der Waals surface area contributed by atoms with Crippen molar-refractivity contribution in [2.24, 2.45) is 0 Å². The molecule has 0 unspecified atom stereocenters. The summed E-state index contributed by atoms with van der Waals surface area (Å²) in [6.45, 7) is 0.895. The Balaban J connectivity index is 1.57. The molecule has 0 radical (unpaired) electrons. The molecule has 2 amide bonds. The molecule has 0 spiro atoms. The van der Waals surface area contributed by atoms with E-state index in [1.807, 2.05) is 0 Å². The highest BCUT2D eigenvalue weighted by atomic mass is 16.6. The van der Waals surface area contributed by atoms with Gasteiger partial charge >= 0.3 is 0 Å². The van der Waals surface area contributed by atoms with Gasteiger partial charge in [-0.3, -0.25) is 9.59 Å². The summed E-state index contributed by atoms with van der Waals surface area (Å²) in [5.74, 6) is 1.36. The molecular weight excluding hydrogens is 428 g/mol. The van der Waals surface area contributed by atoms with Gasteiger partial charge in [0.2, 0.25) is 0 Å². The Bertz CT molecular complexity index is 1190. The van der Waals surface area contributed by atoms with E-state index in [4.69, 9.17) is 23.4 Å². The summed E-state index contributed by atoms with van der Waals surface area (Å²) in [5, 5.41) is 5.40. The number of hydrogen-bond donors (Lipinski definition) is 2. The molecule has 0 atom stereocenters. The van der Waals surface area contributed by atoms with Crippen molar-refractivity contribution in [1.82, 2.24) is 5.32 Å². The number of amides is 2. The van der Waals surface area contributed by atoms with Crippen LogP contribution in [0.25, 0.3) is 6.08 Å². The van der Waals surface area contributed by atoms with Crippen LogP contribution in [0.15, 0.2) is 64.9 Å². The molecule has 9 heteroatoms. The Kier molecular flexibility index (Phi) is 6.49. The molecule has 1 aromatic heterocycles. The third kappa shape index (κ3) is 5.09. The summed E-state index contributed by atoms with van der Waals surface area (Å²) in [4.78, 5) is 25.9. The number of hydrogen-bond acceptors (Lipinski definition) is 7. The van der Waals surface area contributed by atoms with Crippen LogP contribution >= 0.6 is 0 Å². The van der Waals surface area contributed by atoms with Gasteiger partial charge in [0.25, 0.3) is 11.8 Å². The molecule has 0 fully saturated rings. The minimum Gasteiger partial charge on any atom is -0.493 e. The predicted octanol–water partition coefficient (Wildman–Crippen LogP) is 3.48. The van der Waals surface area contributed by atoms with Crippen molar-refractivity contribution in [2.45, 2.75) is 0 Å². The van der Waals surface area contributed by atoms with Crippen LogP contribution < -0.4 is 29.6 Å². The number of carbonyl (C=O) groups excluding carboxylic acids is 2. The van der Waals surface area contributed by atoms with E-state index in [9.17, 15) is 9.59 Å². The quantitative estimate of drug-likeness (QED) is 0.531. The molecule has 1 aliphatic rings. The minimum absolute atomic E-state index is 0.0142. The van der Waals surface area contributed by atoms with Gasteiger partial charge in [-0.25, -0.2) is 0 Å². The fraction of sp³-hybridized carbons (Fsp3) is 0.167. The van der Waals surface area contributed by atoms with Crippen LogP contribution in [0, 0.1) is 0 Å². The van der Waals surface area contributed by atoms with Crippen molar-refractivity contribution in [2.75, 3.05) is 32.8 Å². The first-order chi connectivity index (χ1) is 16.1. The SMILES string of the molecule is COc1ccc(C(=O)N/C(=C\c2ccco2)C(=O)Nc2ccc3c(c2)OCCO3)cc1OC. The van der Waals surface area contributed by atoms with Crippen molar-refractivity contribution >= 4 is 23.6 Å². The standard InChI is InChI=1S/C24H22N2O7/c1-29-19-7-5-15(12-21(19)30-2)23(27)26-18(14-17-4-3-9-31-17)24(28)25-16-6-8-20-22(13-16)33-11-10-32-20/h3-9,12-14H,10-11H2,1-2H3,(H,25,28)(H,26,27)/b18-14-. The molecule has 33 heavy (non-hydrogen) atoms. The summed E-state index contributed by atoms with van der Waals surface area (Å²) in [7, 11) is 2.98. The maximum absolute atomic E-state index is 13.0. The van der Waals surface area contributed by atoms with Crippen LogP contribution in [0.5, 0.6) is 23.0 Å². The molecule has 0 bridgehead atoms. The van der Waals surface area contributed by atoms with E-state index in [-0.39, 0.29) is 11.3 Å². The zero-order valence-corrected chi connectivity index (χ0v) is 18.0. The lowest BCUT2D eigenvalue weighted by atomic mass is 10.1. The van der Waals surface area contributed by atoms with Crippen molar-refractivity contribution < 1.29 is 33.0 Å². The van der Waals surface area contributed by atoms with Gasteiger partial charge in [0.05, 0.1) is 20.5 Å². The van der Waals surface area contributed by atoms with Gasteiger partial charge in [0.1, 0.15) is 24.7 Å². The van der Waals surface area contributed by atoms with Crippen molar-refractivity contribution in [3.63, 3.8) is 0 Å². The van der Waals surface area contributed by atoms with E-state index in [2.05, 4.69) is 10.6 Å². The van der Waals surface area contributed by atoms with Crippen LogP contribution in [-0.4, -0.2) is 39.2 Å². The van der Waals surface area contributed by atoms with Gasteiger partial charge in [-0.15, -0.1) is 0 Å². The highest BCUT2D eigenvalue weighted by molar-refractivity contribution is 6.10. The minimum atomic E-state index is -0.545. The number of anilines is 1. The van der Waals surface area contributed by atoms with Crippen molar-refractivity contribution in [3.05, 3.63) is 71.8 Å². The highest BCUT2D eigenvalue weighted by Gasteiger charge is 2.19. The highest BCUT2D eigenvalue weighted by Crippen LogP contribution is 2.33. The zero-order chi connectivity index (χ0) is 23.2. The average molecular weight is 450 g/mol. The Hall–Kier alpha value is -4.40. The first-order valence-corrected chi connectivity index (χ1v) is 10.1. The maximum Gasteiger partial charge on any atom is 0.272 e. The molecule has 9 nitrogen and oxygen atoms in total. The monoisotopic (exact) mass is 450 g/mol. The molecule has 1 aliphatic heterocycles. The van der Waals surface area contributed by atoms with Crippen molar-refractivity contribution in [1.29, 1.82) is 0 Å².